The van der Waals surface area contributed by atoms with E-state index >= 15 is 0 Å². The molecule has 178 valence electrons. The quantitative estimate of drug-likeness (QED) is 0.105. The molecule has 2 N–H and O–H groups in total. The molecule has 9 heteroatoms. The first kappa shape index (κ1) is 29.8. The average Bonchev–Trinajstić information content (AvgIpc) is 2.70. The van der Waals surface area contributed by atoms with Crippen LogP contribution in [0.2, 0.25) is 0 Å². The number of hydrogen-bond donors (Lipinski definition) is 2. The van der Waals surface area contributed by atoms with Gasteiger partial charge in [0.1, 0.15) is 0 Å². The molecule has 5 atom stereocenters. The van der Waals surface area contributed by atoms with Crippen LogP contribution in [0.3, 0.4) is 0 Å². The Morgan fingerprint density at radius 1 is 1.00 bits per heavy atom. The summed E-state index contributed by atoms with van der Waals surface area (Å²) in [6.07, 6.45) is 11.6. The van der Waals surface area contributed by atoms with Gasteiger partial charge in [-0.1, -0.05) is 83.9 Å². The Labute approximate surface area is 192 Å². The van der Waals surface area contributed by atoms with Gasteiger partial charge in [0.15, 0.2) is 22.2 Å². The minimum Gasteiger partial charge on any atom is -0.465 e. The lowest BCUT2D eigenvalue weighted by Gasteiger charge is -2.23. The summed E-state index contributed by atoms with van der Waals surface area (Å²) in [7, 11) is 0. The third-order valence-electron chi connectivity index (χ3n) is 5.25. The minimum absolute atomic E-state index is 0.0615. The van der Waals surface area contributed by atoms with Crippen molar-refractivity contribution >= 4 is 45.7 Å². The van der Waals surface area contributed by atoms with E-state index in [1.54, 1.807) is 0 Å². The molecule has 0 spiro atoms. The Morgan fingerprint density at radius 2 is 1.57 bits per heavy atom. The van der Waals surface area contributed by atoms with Crippen molar-refractivity contribution in [2.24, 2.45) is 11.8 Å². The topological polar surface area (TPSA) is 101 Å². The van der Waals surface area contributed by atoms with E-state index in [1.165, 1.54) is 43.9 Å². The molecule has 0 bridgehead atoms. The Balaban J connectivity index is 4.44. The van der Waals surface area contributed by atoms with E-state index in [-0.39, 0.29) is 24.7 Å². The van der Waals surface area contributed by atoms with E-state index in [2.05, 4.69) is 6.92 Å². The van der Waals surface area contributed by atoms with E-state index in [0.717, 1.165) is 19.3 Å². The smallest absolute Gasteiger partial charge is 0.310 e. The van der Waals surface area contributed by atoms with Gasteiger partial charge in [-0.15, -0.1) is 0 Å². The van der Waals surface area contributed by atoms with Gasteiger partial charge in [0, 0.05) is 5.75 Å². The molecule has 0 saturated carbocycles. The molecule has 0 aliphatic rings. The van der Waals surface area contributed by atoms with Crippen LogP contribution in [0.15, 0.2) is 0 Å². The van der Waals surface area contributed by atoms with E-state index in [4.69, 9.17) is 21.5 Å². The van der Waals surface area contributed by atoms with Crippen LogP contribution < -0.4 is 0 Å². The van der Waals surface area contributed by atoms with Crippen LogP contribution in [-0.4, -0.2) is 46.5 Å². The van der Waals surface area contributed by atoms with Gasteiger partial charge in [0.05, 0.1) is 17.8 Å². The van der Waals surface area contributed by atoms with E-state index < -0.39 is 39.3 Å². The fourth-order valence-corrected chi connectivity index (χ4v) is 5.00. The van der Waals surface area contributed by atoms with Crippen molar-refractivity contribution in [1.82, 2.24) is 0 Å². The van der Waals surface area contributed by atoms with Crippen molar-refractivity contribution in [1.29, 1.82) is 0 Å². The Hall–Kier alpha value is -0.220. The normalized spacial score (nSPS) is 16.4. The Bertz CT molecular complexity index is 515. The van der Waals surface area contributed by atoms with Gasteiger partial charge in [0.2, 0.25) is 0 Å². The van der Waals surface area contributed by atoms with Crippen LogP contribution >= 0.6 is 12.2 Å². The monoisotopic (exact) mass is 484 g/mol. The van der Waals surface area contributed by atoms with Gasteiger partial charge in [-0.3, -0.25) is 4.79 Å². The number of esters is 1. The van der Waals surface area contributed by atoms with Gasteiger partial charge in [0.25, 0.3) is 0 Å². The number of thiocarbonyl (C=S) groups is 1. The zero-order valence-corrected chi connectivity index (χ0v) is 20.9. The first-order valence-electron chi connectivity index (χ1n) is 11.1. The second kappa shape index (κ2) is 19.5. The maximum atomic E-state index is 12.5. The Morgan fingerprint density at radius 3 is 2.07 bits per heavy atom. The van der Waals surface area contributed by atoms with Crippen LogP contribution in [0, 0.1) is 11.8 Å². The summed E-state index contributed by atoms with van der Waals surface area (Å²) in [4.78, 5) is 12.5. The minimum atomic E-state index is -2.13. The first-order valence-corrected chi connectivity index (χ1v) is 14.0. The molecule has 6 nitrogen and oxygen atoms in total. The second-order valence-electron chi connectivity index (χ2n) is 7.99. The molecule has 0 rings (SSSR count). The summed E-state index contributed by atoms with van der Waals surface area (Å²) < 4.78 is 46.6. The zero-order chi connectivity index (χ0) is 22.8. The molecular weight excluding hydrogens is 444 g/mol. The third kappa shape index (κ3) is 15.6. The highest BCUT2D eigenvalue weighted by Gasteiger charge is 2.33. The lowest BCUT2D eigenvalue weighted by molar-refractivity contribution is -0.149. The molecule has 0 heterocycles. The molecule has 0 saturated heterocycles. The van der Waals surface area contributed by atoms with E-state index in [1.807, 2.05) is 6.92 Å². The second-order valence-corrected chi connectivity index (χ2v) is 10.5. The standard InChI is InChI=1S/C21H40O6S3/c1-3-4-5-6-7-8-9-10-11-12-20(30(25)26)19(13-15-28)21(22)27-17-18(2)14-16-29(23)24/h15,18-20H,3-14,16-17H2,1-2H3,(H,23,24)(H,25,26). The molecule has 0 radical (unpaired) electrons. The lowest BCUT2D eigenvalue weighted by atomic mass is 9.97. The highest BCUT2D eigenvalue weighted by molar-refractivity contribution is 7.80. The number of ether oxygens (including phenoxy) is 1. The zero-order valence-electron chi connectivity index (χ0n) is 18.5. The van der Waals surface area contributed by atoms with E-state index in [9.17, 15) is 17.8 Å². The predicted octanol–water partition coefficient (Wildman–Crippen LogP) is 5.29. The van der Waals surface area contributed by atoms with Crippen LogP contribution in [0.1, 0.15) is 90.9 Å². The number of rotatable bonds is 20. The molecule has 0 aliphatic carbocycles. The fourth-order valence-electron chi connectivity index (χ4n) is 3.32. The van der Waals surface area contributed by atoms with Crippen LogP contribution in [0.5, 0.6) is 0 Å². The first-order chi connectivity index (χ1) is 14.3. The van der Waals surface area contributed by atoms with Crippen molar-refractivity contribution in [3.05, 3.63) is 0 Å². The maximum Gasteiger partial charge on any atom is 0.310 e. The summed E-state index contributed by atoms with van der Waals surface area (Å²) in [6, 6.07) is 0. The third-order valence-corrected chi connectivity index (χ3v) is 7.11. The van der Waals surface area contributed by atoms with Crippen molar-refractivity contribution in [3.8, 4) is 0 Å². The largest absolute Gasteiger partial charge is 0.465 e. The fraction of sp³-hybridized carbons (Fsp3) is 0.905. The molecule has 0 amide bonds. The SMILES string of the molecule is CCCCCCCCCCCC(C(CC=S)C(=O)OCC(C)CCS(=O)O)S(=O)O. The van der Waals surface area contributed by atoms with Gasteiger partial charge < -0.3 is 13.8 Å². The van der Waals surface area contributed by atoms with Gasteiger partial charge in [-0.05, 0) is 30.5 Å². The average molecular weight is 485 g/mol. The van der Waals surface area contributed by atoms with Crippen molar-refractivity contribution in [2.75, 3.05) is 12.4 Å². The van der Waals surface area contributed by atoms with Crippen LogP contribution in [0.4, 0.5) is 0 Å². The maximum absolute atomic E-state index is 12.5. The number of carbonyl (C=O) groups is 1. The number of carbonyl (C=O) groups excluding carboxylic acids is 1. The molecule has 30 heavy (non-hydrogen) atoms. The molecule has 0 aromatic rings. The highest BCUT2D eigenvalue weighted by Crippen LogP contribution is 2.22. The van der Waals surface area contributed by atoms with Crippen molar-refractivity contribution in [3.63, 3.8) is 0 Å². The summed E-state index contributed by atoms with van der Waals surface area (Å²) in [5.41, 5.74) is 0. The summed E-state index contributed by atoms with van der Waals surface area (Å²) >= 11 is 0.898. The number of unbranched alkanes of at least 4 members (excludes halogenated alkanes) is 8. The molecule has 0 fully saturated rings. The summed E-state index contributed by atoms with van der Waals surface area (Å²) in [5.74, 6) is -1.18. The van der Waals surface area contributed by atoms with Gasteiger partial charge in [-0.2, -0.15) is 0 Å². The number of hydrogen-bond acceptors (Lipinski definition) is 5. The van der Waals surface area contributed by atoms with Crippen molar-refractivity contribution in [2.45, 2.75) is 96.1 Å². The highest BCUT2D eigenvalue weighted by atomic mass is 32.2. The summed E-state index contributed by atoms with van der Waals surface area (Å²) in [6.45, 7) is 4.15. The van der Waals surface area contributed by atoms with Gasteiger partial charge in [-0.25, -0.2) is 8.42 Å². The molecule has 0 aromatic heterocycles. The van der Waals surface area contributed by atoms with Gasteiger partial charge >= 0.3 is 5.97 Å². The van der Waals surface area contributed by atoms with Crippen LogP contribution in [0.25, 0.3) is 0 Å². The van der Waals surface area contributed by atoms with E-state index in [0.29, 0.717) is 12.8 Å². The van der Waals surface area contributed by atoms with Crippen LogP contribution in [-0.2, 0) is 31.7 Å². The van der Waals surface area contributed by atoms with Crippen molar-refractivity contribution < 1.29 is 27.1 Å². The molecule has 0 aromatic carbocycles. The molecule has 5 unspecified atom stereocenters. The predicted molar refractivity (Wildman–Crippen MR) is 129 cm³/mol. The molecule has 0 aliphatic heterocycles. The Kier molecular flexibility index (Phi) is 19.3. The lowest BCUT2D eigenvalue weighted by Crippen LogP contribution is -2.34. The molecular formula is C21H40O6S3. The summed E-state index contributed by atoms with van der Waals surface area (Å²) in [5, 5.41) is 0.724.